The van der Waals surface area contributed by atoms with E-state index in [0.29, 0.717) is 5.56 Å². The van der Waals surface area contributed by atoms with Gasteiger partial charge in [-0.1, -0.05) is 212 Å². The van der Waals surface area contributed by atoms with E-state index >= 15 is 0 Å². The van der Waals surface area contributed by atoms with Crippen molar-refractivity contribution in [2.45, 2.75) is 16.0 Å². The molecule has 150 heavy (non-hydrogen) atoms. The van der Waals surface area contributed by atoms with Crippen LogP contribution in [0.25, 0.3) is 245 Å². The summed E-state index contributed by atoms with van der Waals surface area (Å²) < 4.78 is 71.4. The molecule has 0 aliphatic carbocycles. The Hall–Kier alpha value is -20.1. The molecule has 0 N–H and O–H groups in total. The Balaban J connectivity index is 0.0000000887. The van der Waals surface area contributed by atoms with Gasteiger partial charge in [0.05, 0.1) is 145 Å². The Kier molecular flexibility index (Phi) is 17.5. The van der Waals surface area contributed by atoms with Crippen LogP contribution in [0.2, 0.25) is 0 Å². The molecule has 22 nitrogen and oxygen atoms in total. The van der Waals surface area contributed by atoms with Crippen LogP contribution >= 0.6 is 11.8 Å². The molecule has 16 aromatic heterocycles. The number of hydrogen-bond donors (Lipinski definition) is 0. The molecule has 16 heterocycles. The van der Waals surface area contributed by atoms with E-state index < -0.39 is 11.7 Å². The predicted molar refractivity (Wildman–Crippen MR) is 593 cm³/mol. The zero-order valence-corrected chi connectivity index (χ0v) is 80.2. The molecule has 26 heteroatoms. The number of benzene rings is 19. The number of fused-ring (bicyclic) bond motifs is 40. The maximum Gasteiger partial charge on any atom is 0.416 e. The lowest BCUT2D eigenvalue weighted by molar-refractivity contribution is -0.137. The molecule has 0 unspecified atom stereocenters. The molecule has 0 saturated heterocycles. The zero-order chi connectivity index (χ0) is 98.7. The van der Waals surface area contributed by atoms with Crippen LogP contribution < -0.4 is 9.64 Å². The smallest absolute Gasteiger partial charge is 0.416 e. The van der Waals surface area contributed by atoms with Gasteiger partial charge < -0.3 is 9.64 Å². The summed E-state index contributed by atoms with van der Waals surface area (Å²) in [5.74, 6) is 7.66. The SMILES string of the molecule is COc1ccc(-c2cc3c4c(c2)n2c5ccccc5nc2n4c2nc4ccccc4n32)cc1.FC(F)(F)c1ccc(-c2cc3c4c(c2)n2c5ccccc5nc2n4c2nc4ccccc4n32)cc1.c1ccc(N(c2ccccc2)c2ccc(-c3cc4c5c(c3)n3c6ccccc6nc3n5c3nc5ccccc5n43)cc2)cc1.c1ccc(Sc2ccc(-c3cc4c5c(c3)n3c6ccccc6nc3n5c3nc5ccccc5n43)cc2)cc1. The average Bonchev–Trinajstić information content (AvgIpc) is 1.53. The van der Waals surface area contributed by atoms with E-state index in [-0.39, 0.29) is 0 Å². The number of hydrogen-bond acceptors (Lipinski definition) is 11. The molecule has 0 aliphatic rings. The molecule has 19 aromatic carbocycles. The fourth-order valence-electron chi connectivity index (χ4n) is 23.1. The molecule has 0 spiro atoms. The number of aromatic nitrogens is 20. The van der Waals surface area contributed by atoms with Crippen LogP contribution in [0.15, 0.2) is 441 Å². The lowest BCUT2D eigenvalue weighted by Crippen LogP contribution is -2.09. The van der Waals surface area contributed by atoms with Gasteiger partial charge in [0.1, 0.15) is 27.8 Å². The molecular weight excluding hydrogens is 1890 g/mol. The van der Waals surface area contributed by atoms with Crippen molar-refractivity contribution in [2.24, 2.45) is 0 Å². The van der Waals surface area contributed by atoms with Crippen molar-refractivity contribution < 1.29 is 17.9 Å². The highest BCUT2D eigenvalue weighted by molar-refractivity contribution is 7.99. The normalized spacial score (nSPS) is 12.4. The number of alkyl halides is 3. The van der Waals surface area contributed by atoms with Gasteiger partial charge in [0, 0.05) is 26.9 Å². The monoisotopic (exact) mass is 1960 g/mol. The molecule has 0 radical (unpaired) electrons. The molecule has 0 saturated carbocycles. The van der Waals surface area contributed by atoms with Crippen LogP contribution in [-0.2, 0) is 6.18 Å². The Morgan fingerprint density at radius 3 is 0.640 bits per heavy atom. The van der Waals surface area contributed by atoms with E-state index in [9.17, 15) is 13.2 Å². The highest BCUT2D eigenvalue weighted by Gasteiger charge is 2.34. The third-order valence-electron chi connectivity index (χ3n) is 29.7. The molecule has 0 aliphatic heterocycles. The highest BCUT2D eigenvalue weighted by atomic mass is 32.2. The minimum atomic E-state index is -4.37. The van der Waals surface area contributed by atoms with E-state index in [2.05, 4.69) is 355 Å². The number of methoxy groups -OCH3 is 1. The minimum Gasteiger partial charge on any atom is -0.497 e. The maximum atomic E-state index is 13.2. The summed E-state index contributed by atoms with van der Waals surface area (Å²) in [6, 6.07) is 146. The largest absolute Gasteiger partial charge is 0.497 e. The molecule has 0 atom stereocenters. The topological polar surface area (TPSA) is 169 Å². The lowest BCUT2D eigenvalue weighted by Gasteiger charge is -2.25. The van der Waals surface area contributed by atoms with Gasteiger partial charge in [-0.25, -0.2) is 57.5 Å². The molecule has 35 rings (SSSR count). The Morgan fingerprint density at radius 1 is 0.200 bits per heavy atom. The predicted octanol–water partition coefficient (Wildman–Crippen LogP) is 29.8. The van der Waals surface area contributed by atoms with Gasteiger partial charge in [0.2, 0.25) is 46.2 Å². The van der Waals surface area contributed by atoms with E-state index in [1.807, 2.05) is 109 Å². The standard InChI is InChI=1S/C38H24N6.C32H19N5S.C27H14F3N5.C27H17N5O/c1-3-11-27(12-4-1)41(28-13-5-2-6-14-28)29-21-19-25(20-22-29)26-23-34-36-35(24-26)43-33-18-10-8-16-31(33)40-38(43)44(36)37-39-30-15-7-9-17-32(30)42(34)37;1-2-8-22(9-3-1)38-23-16-14-20(15-17-23)21-18-28-30-29(19-21)36-27-13-7-5-11-25(27)34-32(36)37(30)31-33-24-10-4-6-12-26(24)35(28)31;28-27(29,30)17-11-9-15(10-12-17)16-13-22-24-23(14-16)34-21-8-4-2-6-19(21)32-26(34)35(24)25-31-18-5-1-3-7-20(18)33(22)25;1-33-18-12-10-16(11-13-18)17-14-23-25-24(15-17)31-22-9-5-3-7-20(22)29-27(31)32(25)26-28-19-6-2-4-8-21(19)30(23)26/h1-24H;1-19H;1-14H;2-15H,1H3. The number of imidazole rings is 16. The number of rotatable bonds is 10. The van der Waals surface area contributed by atoms with Crippen molar-refractivity contribution in [3.8, 4) is 50.3 Å². The number of anilines is 3. The summed E-state index contributed by atoms with van der Waals surface area (Å²) >= 11 is 1.78. The maximum absolute atomic E-state index is 13.2. The summed E-state index contributed by atoms with van der Waals surface area (Å²) in [6.45, 7) is 0. The van der Waals surface area contributed by atoms with Gasteiger partial charge >= 0.3 is 6.18 Å². The summed E-state index contributed by atoms with van der Waals surface area (Å²) in [6.07, 6.45) is -4.37. The zero-order valence-electron chi connectivity index (χ0n) is 79.3. The number of ether oxygens (including phenoxy) is 1. The van der Waals surface area contributed by atoms with Crippen molar-refractivity contribution in [2.75, 3.05) is 12.0 Å². The van der Waals surface area contributed by atoms with Gasteiger partial charge in [-0.05, 0) is 275 Å². The molecular formula is C124H74F3N21OS. The van der Waals surface area contributed by atoms with Gasteiger partial charge in [0.25, 0.3) is 0 Å². The van der Waals surface area contributed by atoms with Crippen LogP contribution in [0.4, 0.5) is 30.2 Å². The van der Waals surface area contributed by atoms with Gasteiger partial charge in [-0.2, -0.15) is 13.2 Å². The summed E-state index contributed by atoms with van der Waals surface area (Å²) in [4.78, 5) is 44.9. The molecule has 0 amide bonds. The van der Waals surface area contributed by atoms with Crippen molar-refractivity contribution >= 4 is 230 Å². The van der Waals surface area contributed by atoms with Gasteiger partial charge in [-0.15, -0.1) is 0 Å². The second-order valence-electron chi connectivity index (χ2n) is 38.0. The first-order valence-electron chi connectivity index (χ1n) is 49.4. The summed E-state index contributed by atoms with van der Waals surface area (Å²) in [5.41, 5.74) is 40.3. The fourth-order valence-corrected chi connectivity index (χ4v) is 23.9. The second kappa shape index (κ2) is 31.4. The summed E-state index contributed by atoms with van der Waals surface area (Å²) in [7, 11) is 1.69. The first kappa shape index (κ1) is 83.4. The quantitative estimate of drug-likeness (QED) is 0.128. The van der Waals surface area contributed by atoms with E-state index in [0.717, 1.165) is 263 Å². The van der Waals surface area contributed by atoms with Crippen molar-refractivity contribution in [1.29, 1.82) is 0 Å². The first-order chi connectivity index (χ1) is 74.0. The average molecular weight is 1960 g/mol. The Bertz CT molecular complexity index is 11200. The van der Waals surface area contributed by atoms with Crippen LogP contribution in [0.5, 0.6) is 5.75 Å². The summed E-state index contributed by atoms with van der Waals surface area (Å²) in [5, 5.41) is 0. The third kappa shape index (κ3) is 12.1. The van der Waals surface area contributed by atoms with Crippen LogP contribution in [0, 0.1) is 0 Å². The lowest BCUT2D eigenvalue weighted by atomic mass is 10.0. The van der Waals surface area contributed by atoms with Crippen molar-refractivity contribution in [3.63, 3.8) is 0 Å². The molecule has 35 aromatic rings. The molecule has 0 bridgehead atoms. The van der Waals surface area contributed by atoms with E-state index in [4.69, 9.17) is 44.6 Å². The minimum absolute atomic E-state index is 0.663. The van der Waals surface area contributed by atoms with E-state index in [1.165, 1.54) is 33.1 Å². The Labute approximate surface area is 849 Å². The number of nitrogens with zero attached hydrogens (tertiary/aromatic N) is 21. The Morgan fingerprint density at radius 2 is 0.400 bits per heavy atom. The van der Waals surface area contributed by atoms with Gasteiger partial charge in [0.15, 0.2) is 0 Å². The number of para-hydroxylation sites is 18. The van der Waals surface area contributed by atoms with E-state index in [1.54, 1.807) is 18.9 Å². The fraction of sp³-hybridized carbons (Fsp3) is 0.0161. The highest BCUT2D eigenvalue weighted by Crippen LogP contribution is 2.47. The van der Waals surface area contributed by atoms with Crippen LogP contribution in [0.3, 0.4) is 0 Å². The molecule has 708 valence electrons. The third-order valence-corrected chi connectivity index (χ3v) is 30.7. The van der Waals surface area contributed by atoms with Crippen LogP contribution in [-0.4, -0.2) is 99.8 Å². The first-order valence-corrected chi connectivity index (χ1v) is 50.2. The second-order valence-corrected chi connectivity index (χ2v) is 39.1. The van der Waals surface area contributed by atoms with Crippen molar-refractivity contribution in [1.82, 2.24) is 92.7 Å². The molecule has 0 fully saturated rings. The number of halogens is 3. The van der Waals surface area contributed by atoms with Crippen molar-refractivity contribution in [3.05, 3.63) is 436 Å². The van der Waals surface area contributed by atoms with Gasteiger partial charge in [-0.3, -0.25) is 35.2 Å². The van der Waals surface area contributed by atoms with Crippen LogP contribution in [0.1, 0.15) is 5.56 Å².